The normalized spacial score (nSPS) is 25.4. The lowest BCUT2D eigenvalue weighted by Gasteiger charge is -2.43. The molecule has 4 heterocycles. The van der Waals surface area contributed by atoms with Crippen LogP contribution in [0, 0.1) is 0 Å². The van der Waals surface area contributed by atoms with Crippen molar-refractivity contribution in [3.8, 4) is 0 Å². The molecule has 5 rings (SSSR count). The van der Waals surface area contributed by atoms with Gasteiger partial charge in [-0.25, -0.2) is 0 Å². The van der Waals surface area contributed by atoms with Crippen LogP contribution < -0.4 is 4.90 Å². The van der Waals surface area contributed by atoms with Crippen molar-refractivity contribution >= 4 is 17.6 Å². The van der Waals surface area contributed by atoms with Gasteiger partial charge in [0.15, 0.2) is 11.5 Å². The van der Waals surface area contributed by atoms with Crippen molar-refractivity contribution in [3.05, 3.63) is 17.8 Å². The summed E-state index contributed by atoms with van der Waals surface area (Å²) in [7, 11) is 0. The van der Waals surface area contributed by atoms with E-state index in [0.717, 1.165) is 83.6 Å². The maximum atomic E-state index is 12.8. The number of piperazine rings is 2. The molecule has 0 spiro atoms. The summed E-state index contributed by atoms with van der Waals surface area (Å²) in [4.78, 5) is 36.4. The second-order valence-electron chi connectivity index (χ2n) is 10.0. The Kier molecular flexibility index (Phi) is 6.78. The van der Waals surface area contributed by atoms with Crippen LogP contribution in [0.15, 0.2) is 12.1 Å². The number of hydrogen-bond acceptors (Lipinski definition) is 7. The number of carbonyl (C=O) groups is 2. The van der Waals surface area contributed by atoms with E-state index >= 15 is 0 Å². The second kappa shape index (κ2) is 9.93. The van der Waals surface area contributed by atoms with E-state index in [2.05, 4.69) is 31.8 Å². The number of rotatable bonds is 5. The summed E-state index contributed by atoms with van der Waals surface area (Å²) in [6, 6.07) is 4.76. The van der Waals surface area contributed by atoms with Crippen molar-refractivity contribution in [2.75, 3.05) is 70.3 Å². The van der Waals surface area contributed by atoms with Crippen LogP contribution in [0.3, 0.4) is 0 Å². The lowest BCUT2D eigenvalue weighted by atomic mass is 9.91. The van der Waals surface area contributed by atoms with Crippen molar-refractivity contribution in [1.29, 1.82) is 0 Å². The Morgan fingerprint density at radius 1 is 0.879 bits per heavy atom. The number of amides is 2. The van der Waals surface area contributed by atoms with E-state index in [-0.39, 0.29) is 17.9 Å². The van der Waals surface area contributed by atoms with Crippen LogP contribution >= 0.6 is 0 Å². The van der Waals surface area contributed by atoms with Crippen LogP contribution in [-0.2, 0) is 4.79 Å². The molecular weight excluding hydrogens is 418 g/mol. The molecule has 33 heavy (non-hydrogen) atoms. The number of carbonyl (C=O) groups excluding carboxylic acids is 2. The van der Waals surface area contributed by atoms with Gasteiger partial charge in [-0.05, 0) is 44.7 Å². The Hall–Kier alpha value is -2.26. The molecule has 4 fully saturated rings. The molecule has 2 amide bonds. The van der Waals surface area contributed by atoms with Gasteiger partial charge < -0.3 is 14.7 Å². The SMILES string of the molecule is CC1CCCN1C(=O)c1ccc(N2CCN(CC(=O)N3CCN(C4CCC4)CC3)CC2)nn1. The molecule has 0 N–H and O–H groups in total. The average Bonchev–Trinajstić information content (AvgIpc) is 3.24. The highest BCUT2D eigenvalue weighted by Gasteiger charge is 2.31. The van der Waals surface area contributed by atoms with Gasteiger partial charge in [-0.3, -0.25) is 19.4 Å². The zero-order valence-electron chi connectivity index (χ0n) is 19.9. The van der Waals surface area contributed by atoms with Crippen molar-refractivity contribution in [3.63, 3.8) is 0 Å². The van der Waals surface area contributed by atoms with Gasteiger partial charge in [0, 0.05) is 71.0 Å². The molecule has 9 heteroatoms. The van der Waals surface area contributed by atoms with Gasteiger partial charge in [-0.15, -0.1) is 10.2 Å². The van der Waals surface area contributed by atoms with Crippen molar-refractivity contribution in [1.82, 2.24) is 29.8 Å². The summed E-state index contributed by atoms with van der Waals surface area (Å²) in [5.41, 5.74) is 0.425. The van der Waals surface area contributed by atoms with Crippen LogP contribution in [0.1, 0.15) is 49.5 Å². The number of anilines is 1. The summed E-state index contributed by atoms with van der Waals surface area (Å²) in [5, 5.41) is 8.57. The molecule has 3 saturated heterocycles. The summed E-state index contributed by atoms with van der Waals surface area (Å²) >= 11 is 0. The fraction of sp³-hybridized carbons (Fsp3) is 0.750. The molecule has 0 radical (unpaired) electrons. The third-order valence-electron chi connectivity index (χ3n) is 8.00. The van der Waals surface area contributed by atoms with E-state index in [4.69, 9.17) is 0 Å². The summed E-state index contributed by atoms with van der Waals surface area (Å²) in [6.45, 7) is 10.5. The lowest BCUT2D eigenvalue weighted by molar-refractivity contribution is -0.134. The van der Waals surface area contributed by atoms with Crippen molar-refractivity contribution < 1.29 is 9.59 Å². The first-order chi connectivity index (χ1) is 16.1. The number of hydrogen-bond donors (Lipinski definition) is 0. The zero-order valence-corrected chi connectivity index (χ0v) is 19.9. The fourth-order valence-electron chi connectivity index (χ4n) is 5.50. The molecule has 1 aromatic rings. The monoisotopic (exact) mass is 455 g/mol. The minimum Gasteiger partial charge on any atom is -0.353 e. The van der Waals surface area contributed by atoms with Gasteiger partial charge in [-0.1, -0.05) is 6.42 Å². The Bertz CT molecular complexity index is 828. The first-order valence-corrected chi connectivity index (χ1v) is 12.7. The Morgan fingerprint density at radius 2 is 1.64 bits per heavy atom. The third-order valence-corrected chi connectivity index (χ3v) is 8.00. The molecule has 1 atom stereocenters. The summed E-state index contributed by atoms with van der Waals surface area (Å²) < 4.78 is 0. The zero-order chi connectivity index (χ0) is 22.8. The standard InChI is InChI=1S/C24H37N7O2/c1-19-4-3-9-31(19)24(33)21-7-8-22(26-25-21)29-12-10-27(11-13-29)18-23(32)30-16-14-28(15-17-30)20-5-2-6-20/h7-8,19-20H,2-6,9-18H2,1H3. The van der Waals surface area contributed by atoms with Gasteiger partial charge in [0.1, 0.15) is 0 Å². The fourth-order valence-corrected chi connectivity index (χ4v) is 5.50. The Labute approximate surface area is 196 Å². The van der Waals surface area contributed by atoms with E-state index in [1.807, 2.05) is 15.9 Å². The summed E-state index contributed by atoms with van der Waals surface area (Å²) in [5.74, 6) is 1.05. The van der Waals surface area contributed by atoms with Crippen LogP contribution in [-0.4, -0.2) is 119 Å². The highest BCUT2D eigenvalue weighted by Crippen LogP contribution is 2.25. The number of likely N-dealkylation sites (tertiary alicyclic amines) is 1. The molecule has 9 nitrogen and oxygen atoms in total. The van der Waals surface area contributed by atoms with E-state index in [1.165, 1.54) is 19.3 Å². The van der Waals surface area contributed by atoms with E-state index in [1.54, 1.807) is 6.07 Å². The van der Waals surface area contributed by atoms with Crippen molar-refractivity contribution in [2.45, 2.75) is 51.1 Å². The van der Waals surface area contributed by atoms with E-state index in [0.29, 0.717) is 12.2 Å². The molecular formula is C24H37N7O2. The van der Waals surface area contributed by atoms with Gasteiger partial charge in [0.2, 0.25) is 5.91 Å². The van der Waals surface area contributed by atoms with Crippen LogP contribution in [0.4, 0.5) is 5.82 Å². The topological polar surface area (TPSA) is 76.1 Å². The molecule has 1 aromatic heterocycles. The van der Waals surface area contributed by atoms with Gasteiger partial charge in [0.05, 0.1) is 6.54 Å². The first kappa shape index (κ1) is 22.5. The maximum Gasteiger partial charge on any atom is 0.274 e. The van der Waals surface area contributed by atoms with Crippen LogP contribution in [0.2, 0.25) is 0 Å². The summed E-state index contributed by atoms with van der Waals surface area (Å²) in [6.07, 6.45) is 6.14. The molecule has 1 saturated carbocycles. The minimum atomic E-state index is -0.0177. The van der Waals surface area contributed by atoms with E-state index < -0.39 is 0 Å². The first-order valence-electron chi connectivity index (χ1n) is 12.7. The molecule has 1 aliphatic carbocycles. The number of nitrogens with zero attached hydrogens (tertiary/aromatic N) is 7. The predicted molar refractivity (Wildman–Crippen MR) is 126 cm³/mol. The predicted octanol–water partition coefficient (Wildman–Crippen LogP) is 0.920. The van der Waals surface area contributed by atoms with Gasteiger partial charge in [-0.2, -0.15) is 0 Å². The van der Waals surface area contributed by atoms with Crippen molar-refractivity contribution in [2.24, 2.45) is 0 Å². The molecule has 0 aromatic carbocycles. The minimum absolute atomic E-state index is 0.0177. The van der Waals surface area contributed by atoms with E-state index in [9.17, 15) is 9.59 Å². The molecule has 0 bridgehead atoms. The lowest BCUT2D eigenvalue weighted by Crippen LogP contribution is -2.56. The number of aromatic nitrogens is 2. The third kappa shape index (κ3) is 4.99. The highest BCUT2D eigenvalue weighted by molar-refractivity contribution is 5.92. The smallest absolute Gasteiger partial charge is 0.274 e. The second-order valence-corrected chi connectivity index (χ2v) is 10.0. The van der Waals surface area contributed by atoms with Crippen LogP contribution in [0.5, 0.6) is 0 Å². The van der Waals surface area contributed by atoms with Crippen LogP contribution in [0.25, 0.3) is 0 Å². The van der Waals surface area contributed by atoms with Gasteiger partial charge >= 0.3 is 0 Å². The average molecular weight is 456 g/mol. The quantitative estimate of drug-likeness (QED) is 0.654. The molecule has 1 unspecified atom stereocenters. The Morgan fingerprint density at radius 3 is 2.21 bits per heavy atom. The molecule has 180 valence electrons. The molecule has 4 aliphatic rings. The molecule has 3 aliphatic heterocycles. The van der Waals surface area contributed by atoms with Gasteiger partial charge in [0.25, 0.3) is 5.91 Å². The highest BCUT2D eigenvalue weighted by atomic mass is 16.2. The largest absolute Gasteiger partial charge is 0.353 e. The maximum absolute atomic E-state index is 12.8. The Balaban J connectivity index is 1.06.